The van der Waals surface area contributed by atoms with Gasteiger partial charge < -0.3 is 14.3 Å². The van der Waals surface area contributed by atoms with Gasteiger partial charge >= 0.3 is 0 Å². The van der Waals surface area contributed by atoms with Crippen LogP contribution in [0.1, 0.15) is 56.2 Å². The average Bonchev–Trinajstić information content (AvgIpc) is 3.21. The highest BCUT2D eigenvalue weighted by molar-refractivity contribution is 5.15. The smallest absolute Gasteiger partial charge is 0.133 e. The quantitative estimate of drug-likeness (QED) is 0.790. The fraction of sp³-hybridized carbons (Fsp3) is 0.588. The van der Waals surface area contributed by atoms with Gasteiger partial charge in [-0.15, -0.1) is 0 Å². The fourth-order valence-corrected chi connectivity index (χ4v) is 3.37. The van der Waals surface area contributed by atoms with Crippen molar-refractivity contribution in [3.8, 4) is 0 Å². The van der Waals surface area contributed by atoms with Crippen molar-refractivity contribution in [1.82, 2.24) is 14.9 Å². The first-order valence-electron chi connectivity index (χ1n) is 8.08. The third-order valence-corrected chi connectivity index (χ3v) is 4.56. The minimum atomic E-state index is 0.0450. The Morgan fingerprint density at radius 1 is 1.43 bits per heavy atom. The zero-order valence-electron chi connectivity index (χ0n) is 12.8. The molecule has 1 atom stereocenters. The van der Waals surface area contributed by atoms with Crippen LogP contribution < -0.4 is 5.32 Å². The minimum absolute atomic E-state index is 0.0450. The minimum Gasteiger partial charge on any atom is -0.467 e. The van der Waals surface area contributed by atoms with Crippen LogP contribution in [-0.2, 0) is 7.05 Å². The molecular weight excluding hydrogens is 262 g/mol. The van der Waals surface area contributed by atoms with E-state index in [9.17, 15) is 0 Å². The highest BCUT2D eigenvalue weighted by Crippen LogP contribution is 2.28. The molecule has 1 saturated carbocycles. The molecule has 1 aliphatic rings. The molecule has 0 saturated heterocycles. The Morgan fingerprint density at radius 3 is 2.95 bits per heavy atom. The summed E-state index contributed by atoms with van der Waals surface area (Å²) in [4.78, 5) is 4.47. The van der Waals surface area contributed by atoms with Gasteiger partial charge in [0, 0.05) is 19.4 Å². The molecule has 2 heterocycles. The van der Waals surface area contributed by atoms with Gasteiger partial charge in [0.2, 0.25) is 0 Å². The number of nitrogens with one attached hydrogen (secondary N) is 1. The van der Waals surface area contributed by atoms with E-state index in [4.69, 9.17) is 4.42 Å². The second-order valence-electron chi connectivity index (χ2n) is 6.09. The van der Waals surface area contributed by atoms with Crippen molar-refractivity contribution in [2.75, 3.05) is 6.54 Å². The van der Waals surface area contributed by atoms with E-state index in [0.717, 1.165) is 24.0 Å². The predicted octanol–water partition coefficient (Wildman–Crippen LogP) is 3.66. The van der Waals surface area contributed by atoms with Crippen LogP contribution in [0.15, 0.2) is 35.2 Å². The highest BCUT2D eigenvalue weighted by Gasteiger charge is 2.20. The number of nitrogens with zero attached hydrogens (tertiary/aromatic N) is 2. The molecule has 4 heteroatoms. The number of hydrogen-bond donors (Lipinski definition) is 1. The van der Waals surface area contributed by atoms with Crippen molar-refractivity contribution < 1.29 is 4.42 Å². The molecule has 0 amide bonds. The molecule has 21 heavy (non-hydrogen) atoms. The SMILES string of the molecule is Cn1ccnc1C(NCCCC1CCCC1)c1ccco1. The van der Waals surface area contributed by atoms with E-state index >= 15 is 0 Å². The first-order chi connectivity index (χ1) is 10.3. The molecule has 2 aromatic heterocycles. The molecule has 3 rings (SSSR count). The van der Waals surface area contributed by atoms with Crippen molar-refractivity contribution in [3.63, 3.8) is 0 Å². The number of furan rings is 1. The summed E-state index contributed by atoms with van der Waals surface area (Å²) in [6.07, 6.45) is 13.8. The van der Waals surface area contributed by atoms with Crippen LogP contribution in [-0.4, -0.2) is 16.1 Å². The second kappa shape index (κ2) is 6.94. The highest BCUT2D eigenvalue weighted by atomic mass is 16.3. The Balaban J connectivity index is 1.57. The normalized spacial score (nSPS) is 17.4. The first-order valence-corrected chi connectivity index (χ1v) is 8.08. The molecule has 1 aliphatic carbocycles. The maximum Gasteiger partial charge on any atom is 0.133 e. The van der Waals surface area contributed by atoms with E-state index in [1.165, 1.54) is 38.5 Å². The van der Waals surface area contributed by atoms with Crippen molar-refractivity contribution in [2.45, 2.75) is 44.6 Å². The fourth-order valence-electron chi connectivity index (χ4n) is 3.37. The Hall–Kier alpha value is -1.55. The van der Waals surface area contributed by atoms with Gasteiger partial charge in [-0.25, -0.2) is 4.98 Å². The van der Waals surface area contributed by atoms with Gasteiger partial charge in [-0.3, -0.25) is 0 Å². The number of imidazole rings is 1. The van der Waals surface area contributed by atoms with Gasteiger partial charge in [0.25, 0.3) is 0 Å². The summed E-state index contributed by atoms with van der Waals surface area (Å²) in [5.74, 6) is 2.90. The Bertz CT molecular complexity index is 526. The molecule has 0 bridgehead atoms. The summed E-state index contributed by atoms with van der Waals surface area (Å²) in [6.45, 7) is 1.01. The average molecular weight is 287 g/mol. The van der Waals surface area contributed by atoms with Crippen LogP contribution in [0.4, 0.5) is 0 Å². The largest absolute Gasteiger partial charge is 0.467 e. The van der Waals surface area contributed by atoms with Crippen LogP contribution >= 0.6 is 0 Å². The lowest BCUT2D eigenvalue weighted by atomic mass is 10.0. The van der Waals surface area contributed by atoms with E-state index in [1.807, 2.05) is 31.6 Å². The zero-order chi connectivity index (χ0) is 14.5. The maximum absolute atomic E-state index is 5.59. The lowest BCUT2D eigenvalue weighted by Gasteiger charge is -2.17. The Kier molecular flexibility index (Phi) is 4.76. The Morgan fingerprint density at radius 2 is 2.29 bits per heavy atom. The molecule has 0 aliphatic heterocycles. The van der Waals surface area contributed by atoms with Crippen LogP contribution in [0.2, 0.25) is 0 Å². The molecule has 114 valence electrons. The molecule has 1 fully saturated rings. The van der Waals surface area contributed by atoms with Gasteiger partial charge in [-0.1, -0.05) is 25.7 Å². The van der Waals surface area contributed by atoms with Gasteiger partial charge in [0.1, 0.15) is 17.6 Å². The molecule has 1 N–H and O–H groups in total. The molecule has 2 aromatic rings. The van der Waals surface area contributed by atoms with Crippen LogP contribution in [0, 0.1) is 5.92 Å². The summed E-state index contributed by atoms with van der Waals surface area (Å²) < 4.78 is 7.64. The summed E-state index contributed by atoms with van der Waals surface area (Å²) in [6, 6.07) is 4.00. The number of hydrogen-bond acceptors (Lipinski definition) is 3. The summed E-state index contributed by atoms with van der Waals surface area (Å²) in [5, 5.41) is 3.61. The van der Waals surface area contributed by atoms with Gasteiger partial charge in [0.15, 0.2) is 0 Å². The number of aryl methyl sites for hydroxylation is 1. The summed E-state index contributed by atoms with van der Waals surface area (Å²) >= 11 is 0. The first kappa shape index (κ1) is 14.4. The van der Waals surface area contributed by atoms with Crippen LogP contribution in [0.25, 0.3) is 0 Å². The predicted molar refractivity (Wildman–Crippen MR) is 83.0 cm³/mol. The molecule has 1 unspecified atom stereocenters. The number of aromatic nitrogens is 2. The lowest BCUT2D eigenvalue weighted by molar-refractivity contribution is 0.411. The molecule has 0 aromatic carbocycles. The third kappa shape index (κ3) is 3.56. The second-order valence-corrected chi connectivity index (χ2v) is 6.09. The monoisotopic (exact) mass is 287 g/mol. The standard InChI is InChI=1S/C17H25N3O/c1-20-12-11-19-17(20)16(15-9-5-13-21-15)18-10-4-8-14-6-2-3-7-14/h5,9,11-14,16,18H,2-4,6-8,10H2,1H3. The summed E-state index contributed by atoms with van der Waals surface area (Å²) in [5.41, 5.74) is 0. The van der Waals surface area contributed by atoms with Crippen LogP contribution in [0.3, 0.4) is 0 Å². The van der Waals surface area contributed by atoms with Crippen molar-refractivity contribution in [3.05, 3.63) is 42.4 Å². The molecule has 4 nitrogen and oxygen atoms in total. The third-order valence-electron chi connectivity index (χ3n) is 4.56. The van der Waals surface area contributed by atoms with E-state index in [0.29, 0.717) is 0 Å². The topological polar surface area (TPSA) is 43.0 Å². The van der Waals surface area contributed by atoms with E-state index < -0.39 is 0 Å². The van der Waals surface area contributed by atoms with Crippen LogP contribution in [0.5, 0.6) is 0 Å². The molecule has 0 spiro atoms. The van der Waals surface area contributed by atoms with Gasteiger partial charge in [-0.2, -0.15) is 0 Å². The van der Waals surface area contributed by atoms with Crippen molar-refractivity contribution >= 4 is 0 Å². The maximum atomic E-state index is 5.59. The van der Waals surface area contributed by atoms with Gasteiger partial charge in [-0.05, 0) is 37.4 Å². The van der Waals surface area contributed by atoms with Gasteiger partial charge in [0.05, 0.1) is 6.26 Å². The summed E-state index contributed by atoms with van der Waals surface area (Å²) in [7, 11) is 2.03. The number of rotatable bonds is 7. The van der Waals surface area contributed by atoms with E-state index in [1.54, 1.807) is 6.26 Å². The zero-order valence-corrected chi connectivity index (χ0v) is 12.8. The molecule has 0 radical (unpaired) electrons. The van der Waals surface area contributed by atoms with E-state index in [-0.39, 0.29) is 6.04 Å². The molecular formula is C17H25N3O. The van der Waals surface area contributed by atoms with Crippen molar-refractivity contribution in [1.29, 1.82) is 0 Å². The van der Waals surface area contributed by atoms with E-state index in [2.05, 4.69) is 14.9 Å². The van der Waals surface area contributed by atoms with Crippen molar-refractivity contribution in [2.24, 2.45) is 13.0 Å². The Labute approximate surface area is 126 Å². The lowest BCUT2D eigenvalue weighted by Crippen LogP contribution is -2.26.